The number of nitrogens with one attached hydrogen (secondary N) is 2. The van der Waals surface area contributed by atoms with Crippen LogP contribution in [0.1, 0.15) is 32.6 Å². The van der Waals surface area contributed by atoms with E-state index in [1.54, 1.807) is 0 Å². The Bertz CT molecular complexity index is 351. The fourth-order valence-corrected chi connectivity index (χ4v) is 3.15. The summed E-state index contributed by atoms with van der Waals surface area (Å²) in [6.45, 7) is 10.7. The van der Waals surface area contributed by atoms with Crippen LogP contribution in [0.25, 0.3) is 0 Å². The van der Waals surface area contributed by atoms with Gasteiger partial charge in [-0.25, -0.2) is 0 Å². The van der Waals surface area contributed by atoms with E-state index in [0.29, 0.717) is 5.92 Å². The molecule has 2 aliphatic rings. The number of nitrogens with zero attached hydrogens (tertiary/aromatic N) is 2. The van der Waals surface area contributed by atoms with Crippen molar-refractivity contribution in [3.05, 3.63) is 0 Å². The molecule has 140 valence electrons. The molecule has 0 radical (unpaired) electrons. The quantitative estimate of drug-likeness (QED) is 0.377. The molecule has 2 heterocycles. The van der Waals surface area contributed by atoms with Crippen molar-refractivity contribution >= 4 is 5.96 Å². The molecule has 1 atom stereocenters. The van der Waals surface area contributed by atoms with Crippen molar-refractivity contribution < 1.29 is 9.47 Å². The van der Waals surface area contributed by atoms with E-state index in [-0.39, 0.29) is 0 Å². The van der Waals surface area contributed by atoms with Crippen LogP contribution in [0.2, 0.25) is 0 Å². The zero-order chi connectivity index (χ0) is 17.0. The predicted octanol–water partition coefficient (Wildman–Crippen LogP) is 1.33. The predicted molar refractivity (Wildman–Crippen MR) is 98.6 cm³/mol. The minimum atomic E-state index is 0.603. The number of likely N-dealkylation sites (tertiary alicyclic amines) is 1. The van der Waals surface area contributed by atoms with Gasteiger partial charge in [-0.2, -0.15) is 0 Å². The van der Waals surface area contributed by atoms with E-state index in [9.17, 15) is 0 Å². The topological polar surface area (TPSA) is 58.1 Å². The van der Waals surface area contributed by atoms with Crippen LogP contribution in [-0.4, -0.2) is 77.1 Å². The first kappa shape index (κ1) is 19.5. The Morgan fingerprint density at radius 3 is 2.75 bits per heavy atom. The Labute approximate surface area is 147 Å². The van der Waals surface area contributed by atoms with Gasteiger partial charge in [0.1, 0.15) is 0 Å². The van der Waals surface area contributed by atoms with Crippen LogP contribution in [0.15, 0.2) is 4.99 Å². The summed E-state index contributed by atoms with van der Waals surface area (Å²) in [4.78, 5) is 7.17. The second kappa shape index (κ2) is 11.7. The Balaban J connectivity index is 1.55. The Kier molecular flexibility index (Phi) is 9.46. The van der Waals surface area contributed by atoms with E-state index < -0.39 is 0 Å². The number of piperidine rings is 1. The van der Waals surface area contributed by atoms with Crippen molar-refractivity contribution in [3.63, 3.8) is 0 Å². The highest BCUT2D eigenvalue weighted by Gasteiger charge is 2.16. The molecular formula is C18H36N4O2. The summed E-state index contributed by atoms with van der Waals surface area (Å²) in [7, 11) is 2.20. The lowest BCUT2D eigenvalue weighted by Crippen LogP contribution is -2.39. The third-order valence-electron chi connectivity index (χ3n) is 4.83. The molecule has 1 unspecified atom stereocenters. The van der Waals surface area contributed by atoms with Crippen LogP contribution in [-0.2, 0) is 9.47 Å². The molecule has 0 amide bonds. The molecule has 2 rings (SSSR count). The van der Waals surface area contributed by atoms with Crippen LogP contribution in [0.3, 0.4) is 0 Å². The number of hydrogen-bond donors (Lipinski definition) is 2. The van der Waals surface area contributed by atoms with Crippen LogP contribution in [0.5, 0.6) is 0 Å². The highest BCUT2D eigenvalue weighted by Crippen LogP contribution is 2.16. The van der Waals surface area contributed by atoms with Crippen LogP contribution >= 0.6 is 0 Å². The molecule has 0 spiro atoms. The highest BCUT2D eigenvalue weighted by molar-refractivity contribution is 5.79. The zero-order valence-corrected chi connectivity index (χ0v) is 15.6. The summed E-state index contributed by atoms with van der Waals surface area (Å²) in [6, 6.07) is 0. The minimum Gasteiger partial charge on any atom is -0.381 e. The van der Waals surface area contributed by atoms with Gasteiger partial charge in [-0.05, 0) is 58.7 Å². The molecule has 24 heavy (non-hydrogen) atoms. The molecule has 2 saturated heterocycles. The molecule has 0 aromatic heterocycles. The lowest BCUT2D eigenvalue weighted by Gasteiger charge is -2.28. The van der Waals surface area contributed by atoms with E-state index >= 15 is 0 Å². The maximum atomic E-state index is 5.74. The fourth-order valence-electron chi connectivity index (χ4n) is 3.15. The largest absolute Gasteiger partial charge is 0.381 e. The van der Waals surface area contributed by atoms with Crippen molar-refractivity contribution in [2.45, 2.75) is 32.6 Å². The smallest absolute Gasteiger partial charge is 0.191 e. The third kappa shape index (κ3) is 7.81. The minimum absolute atomic E-state index is 0.603. The first-order chi connectivity index (χ1) is 11.8. The molecule has 2 fully saturated rings. The van der Waals surface area contributed by atoms with Crippen molar-refractivity contribution in [3.8, 4) is 0 Å². The molecule has 6 nitrogen and oxygen atoms in total. The van der Waals surface area contributed by atoms with Gasteiger partial charge in [0.2, 0.25) is 0 Å². The van der Waals surface area contributed by atoms with Gasteiger partial charge < -0.3 is 25.0 Å². The molecule has 0 aromatic rings. The monoisotopic (exact) mass is 340 g/mol. The standard InChI is InChI=1S/C18H36N4O2/c1-3-19-18(21-13-16-5-9-22(2)10-6-16)20-8-4-11-23-14-17-7-12-24-15-17/h16-17H,3-15H2,1-2H3,(H2,19,20,21). The van der Waals surface area contributed by atoms with E-state index in [1.165, 1.54) is 25.9 Å². The van der Waals surface area contributed by atoms with Gasteiger partial charge >= 0.3 is 0 Å². The number of rotatable bonds is 9. The van der Waals surface area contributed by atoms with Crippen molar-refractivity contribution in [1.29, 1.82) is 0 Å². The van der Waals surface area contributed by atoms with Gasteiger partial charge in [0.15, 0.2) is 5.96 Å². The highest BCUT2D eigenvalue weighted by atomic mass is 16.5. The normalized spacial score (nSPS) is 23.6. The van der Waals surface area contributed by atoms with Crippen LogP contribution < -0.4 is 10.6 Å². The summed E-state index contributed by atoms with van der Waals surface area (Å²) >= 11 is 0. The first-order valence-electron chi connectivity index (χ1n) is 9.64. The fraction of sp³-hybridized carbons (Fsp3) is 0.944. The Morgan fingerprint density at radius 1 is 1.21 bits per heavy atom. The summed E-state index contributed by atoms with van der Waals surface area (Å²) in [6.07, 6.45) is 4.68. The van der Waals surface area contributed by atoms with E-state index in [4.69, 9.17) is 14.5 Å². The Morgan fingerprint density at radius 2 is 2.04 bits per heavy atom. The van der Waals surface area contributed by atoms with Gasteiger partial charge in [0.25, 0.3) is 0 Å². The maximum absolute atomic E-state index is 5.74. The van der Waals surface area contributed by atoms with Crippen molar-refractivity contribution in [1.82, 2.24) is 15.5 Å². The van der Waals surface area contributed by atoms with Crippen LogP contribution in [0, 0.1) is 11.8 Å². The van der Waals surface area contributed by atoms with E-state index in [1.807, 2.05) is 0 Å². The van der Waals surface area contributed by atoms with Gasteiger partial charge in [0.05, 0.1) is 13.2 Å². The lowest BCUT2D eigenvalue weighted by atomic mass is 9.97. The first-order valence-corrected chi connectivity index (χ1v) is 9.64. The molecule has 2 aliphatic heterocycles. The molecule has 6 heteroatoms. The summed E-state index contributed by atoms with van der Waals surface area (Å²) in [5, 5.41) is 6.76. The Hall–Kier alpha value is -0.850. The lowest BCUT2D eigenvalue weighted by molar-refractivity contribution is 0.0888. The van der Waals surface area contributed by atoms with Gasteiger partial charge in [-0.15, -0.1) is 0 Å². The second-order valence-corrected chi connectivity index (χ2v) is 7.05. The number of ether oxygens (including phenoxy) is 2. The maximum Gasteiger partial charge on any atom is 0.191 e. The molecular weight excluding hydrogens is 304 g/mol. The van der Waals surface area contributed by atoms with Gasteiger partial charge in [-0.1, -0.05) is 0 Å². The van der Waals surface area contributed by atoms with Gasteiger partial charge in [0, 0.05) is 38.8 Å². The number of aliphatic imine (C=N–C) groups is 1. The van der Waals surface area contributed by atoms with Crippen LogP contribution in [0.4, 0.5) is 0 Å². The van der Waals surface area contributed by atoms with Crippen molar-refractivity contribution in [2.75, 3.05) is 66.2 Å². The third-order valence-corrected chi connectivity index (χ3v) is 4.83. The summed E-state index contributed by atoms with van der Waals surface area (Å²) in [5.74, 6) is 2.28. The molecule has 0 saturated carbocycles. The summed E-state index contributed by atoms with van der Waals surface area (Å²) < 4.78 is 11.1. The van der Waals surface area contributed by atoms with Crippen molar-refractivity contribution in [2.24, 2.45) is 16.8 Å². The zero-order valence-electron chi connectivity index (χ0n) is 15.6. The molecule has 0 aliphatic carbocycles. The SMILES string of the molecule is CCNC(=NCC1CCN(C)CC1)NCCCOCC1CCOC1. The number of hydrogen-bond acceptors (Lipinski definition) is 4. The summed E-state index contributed by atoms with van der Waals surface area (Å²) in [5.41, 5.74) is 0. The van der Waals surface area contributed by atoms with E-state index in [2.05, 4.69) is 29.5 Å². The van der Waals surface area contributed by atoms with E-state index in [0.717, 1.165) is 70.8 Å². The molecule has 0 bridgehead atoms. The average Bonchev–Trinajstić information content (AvgIpc) is 3.10. The number of guanidine groups is 1. The van der Waals surface area contributed by atoms with Gasteiger partial charge in [-0.3, -0.25) is 4.99 Å². The molecule has 0 aromatic carbocycles. The average molecular weight is 341 g/mol. The molecule has 2 N–H and O–H groups in total. The second-order valence-electron chi connectivity index (χ2n) is 7.05.